The summed E-state index contributed by atoms with van der Waals surface area (Å²) in [5.41, 5.74) is 11.3. The summed E-state index contributed by atoms with van der Waals surface area (Å²) >= 11 is 0. The maximum Gasteiger partial charge on any atom is 0.190 e. The maximum atomic E-state index is 8.67. The van der Waals surface area contributed by atoms with Crippen LogP contribution >= 0.6 is 0 Å². The predicted octanol–water partition coefficient (Wildman–Crippen LogP) is -1.01. The van der Waals surface area contributed by atoms with E-state index in [0.29, 0.717) is 6.54 Å². The van der Waals surface area contributed by atoms with Gasteiger partial charge in [-0.3, -0.25) is 5.43 Å². The molecule has 0 amide bonds. The van der Waals surface area contributed by atoms with Gasteiger partial charge in [-0.15, -0.1) is 0 Å². The van der Waals surface area contributed by atoms with E-state index in [4.69, 9.17) is 29.2 Å². The normalized spacial score (nSPS) is 44.7. The summed E-state index contributed by atoms with van der Waals surface area (Å²) in [6, 6.07) is 0. The first kappa shape index (κ1) is 14.2. The van der Waals surface area contributed by atoms with Crippen LogP contribution in [0.2, 0.25) is 0 Å². The largest absolute Gasteiger partial charge is 0.344 e. The fraction of sp³-hybridized carbons (Fsp3) is 1.00. The van der Waals surface area contributed by atoms with E-state index in [0.717, 1.165) is 0 Å². The molecular weight excluding hydrogens is 266 g/mol. The highest BCUT2D eigenvalue weighted by atomic mass is 16.9. The molecule has 3 aliphatic rings. The molecule has 0 radical (unpaired) electrons. The molecule has 0 aromatic carbocycles. The van der Waals surface area contributed by atoms with Crippen LogP contribution in [0.1, 0.15) is 27.7 Å². The Morgan fingerprint density at radius 1 is 0.950 bits per heavy atom. The van der Waals surface area contributed by atoms with Crippen molar-refractivity contribution in [1.29, 1.82) is 0 Å². The SMILES string of the molecule is CC1(C)O[C@@H]2O[C@H](CN[NH+]=[N-])[C@H]3OC(C)(C)O[C@H]3[C@H]2O1. The molecule has 3 rings (SSSR count). The summed E-state index contributed by atoms with van der Waals surface area (Å²) in [5, 5.41) is 1.89. The third kappa shape index (κ3) is 2.42. The molecule has 114 valence electrons. The lowest BCUT2D eigenvalue weighted by Gasteiger charge is -2.37. The molecule has 3 fully saturated rings. The summed E-state index contributed by atoms with van der Waals surface area (Å²) in [7, 11) is 0. The fourth-order valence-electron chi connectivity index (χ4n) is 3.00. The lowest BCUT2D eigenvalue weighted by molar-refractivity contribution is -0.551. The van der Waals surface area contributed by atoms with Crippen molar-refractivity contribution in [2.24, 2.45) is 0 Å². The van der Waals surface area contributed by atoms with E-state index in [1.165, 1.54) is 0 Å². The average Bonchev–Trinajstić information content (AvgIpc) is 2.80. The number of nitrogens with one attached hydrogen (secondary N) is 2. The quantitative estimate of drug-likeness (QED) is 0.510. The van der Waals surface area contributed by atoms with Crippen molar-refractivity contribution >= 4 is 0 Å². The third-order valence-electron chi connectivity index (χ3n) is 3.63. The van der Waals surface area contributed by atoms with Gasteiger partial charge in [-0.05, 0) is 27.7 Å². The summed E-state index contributed by atoms with van der Waals surface area (Å²) in [4.78, 5) is 0. The Morgan fingerprint density at radius 3 is 2.25 bits per heavy atom. The average molecular weight is 287 g/mol. The van der Waals surface area contributed by atoms with E-state index in [2.05, 4.69) is 5.43 Å². The second-order valence-electron chi connectivity index (χ2n) is 6.20. The lowest BCUT2D eigenvalue weighted by Crippen LogP contribution is -2.77. The van der Waals surface area contributed by atoms with Gasteiger partial charge >= 0.3 is 0 Å². The summed E-state index contributed by atoms with van der Waals surface area (Å²) < 4.78 is 29.4. The van der Waals surface area contributed by atoms with E-state index in [9.17, 15) is 0 Å². The Kier molecular flexibility index (Phi) is 3.26. The zero-order chi connectivity index (χ0) is 14.5. The van der Waals surface area contributed by atoms with Crippen LogP contribution in [0, 0.1) is 0 Å². The summed E-state index contributed by atoms with van der Waals surface area (Å²) in [6.07, 6.45) is -1.70. The van der Waals surface area contributed by atoms with Crippen LogP contribution in [-0.4, -0.2) is 48.8 Å². The monoisotopic (exact) mass is 287 g/mol. The first-order valence-electron chi connectivity index (χ1n) is 6.80. The number of hydrazine groups is 1. The van der Waals surface area contributed by atoms with Gasteiger partial charge in [-0.25, -0.2) is 0 Å². The third-order valence-corrected chi connectivity index (χ3v) is 3.63. The minimum absolute atomic E-state index is 0.268. The molecule has 3 heterocycles. The maximum absolute atomic E-state index is 8.67. The first-order valence-corrected chi connectivity index (χ1v) is 6.80. The Bertz CT molecular complexity index is 403. The molecule has 0 bridgehead atoms. The van der Waals surface area contributed by atoms with Gasteiger partial charge in [-0.1, -0.05) is 0 Å². The van der Waals surface area contributed by atoms with E-state index >= 15 is 0 Å². The van der Waals surface area contributed by atoms with E-state index < -0.39 is 17.9 Å². The van der Waals surface area contributed by atoms with E-state index in [-0.39, 0.29) is 24.4 Å². The highest BCUT2D eigenvalue weighted by Gasteiger charge is 2.60. The summed E-state index contributed by atoms with van der Waals surface area (Å²) in [6.45, 7) is 7.75. The molecule has 0 saturated carbocycles. The zero-order valence-electron chi connectivity index (χ0n) is 12.1. The molecule has 3 aliphatic heterocycles. The first-order chi connectivity index (χ1) is 9.31. The molecule has 0 aromatic rings. The summed E-state index contributed by atoms with van der Waals surface area (Å²) in [5.74, 6) is -1.41. The van der Waals surface area contributed by atoms with Crippen LogP contribution in [0.25, 0.3) is 5.53 Å². The zero-order valence-corrected chi connectivity index (χ0v) is 12.1. The second-order valence-corrected chi connectivity index (χ2v) is 6.20. The highest BCUT2D eigenvalue weighted by molar-refractivity contribution is 5.00. The number of fused-ring (bicyclic) bond motifs is 3. The van der Waals surface area contributed by atoms with Gasteiger partial charge in [0.05, 0.1) is 6.10 Å². The topological polar surface area (TPSA) is 94.5 Å². The number of hydrogen-bond acceptors (Lipinski definition) is 5. The van der Waals surface area contributed by atoms with Crippen molar-refractivity contribution in [2.75, 3.05) is 6.54 Å². The highest BCUT2D eigenvalue weighted by Crippen LogP contribution is 2.43. The fourth-order valence-corrected chi connectivity index (χ4v) is 3.00. The van der Waals surface area contributed by atoms with Crippen LogP contribution in [0.15, 0.2) is 0 Å². The van der Waals surface area contributed by atoms with Crippen LogP contribution in [-0.2, 0) is 23.7 Å². The van der Waals surface area contributed by atoms with Crippen LogP contribution in [0.4, 0.5) is 0 Å². The van der Waals surface area contributed by atoms with Gasteiger partial charge in [-0.2, -0.15) is 10.8 Å². The molecule has 8 nitrogen and oxygen atoms in total. The molecule has 8 heteroatoms. The standard InChI is InChI=1S/C12H21N3O5/c1-11(2)17-7-6(5-14-15-13)16-10-9(8(7)18-11)19-12(3,4)20-10/h6-10,15H,5H2,1-4H3,(H-,13,14)/t6-,7-,8-,9-,10+/m1/s1. The Morgan fingerprint density at radius 2 is 1.55 bits per heavy atom. The number of hydrogen-bond donors (Lipinski definition) is 2. The van der Waals surface area contributed by atoms with Crippen LogP contribution in [0.5, 0.6) is 0 Å². The smallest absolute Gasteiger partial charge is 0.190 e. The van der Waals surface area contributed by atoms with E-state index in [1.807, 2.05) is 32.9 Å². The van der Waals surface area contributed by atoms with E-state index in [1.54, 1.807) is 0 Å². The van der Waals surface area contributed by atoms with Crippen molar-refractivity contribution in [3.8, 4) is 0 Å². The second kappa shape index (κ2) is 4.60. The van der Waals surface area contributed by atoms with Gasteiger partial charge < -0.3 is 23.7 Å². The number of ether oxygens (including phenoxy) is 5. The van der Waals surface area contributed by atoms with Gasteiger partial charge in [0.15, 0.2) is 17.9 Å². The molecule has 20 heavy (non-hydrogen) atoms. The van der Waals surface area contributed by atoms with Gasteiger partial charge in [0.2, 0.25) is 0 Å². The van der Waals surface area contributed by atoms with Gasteiger partial charge in [0, 0.05) is 6.54 Å². The Balaban J connectivity index is 1.82. The van der Waals surface area contributed by atoms with Crippen LogP contribution < -0.4 is 10.6 Å². The molecule has 0 aromatic heterocycles. The molecular formula is C12H21N3O5. The molecule has 3 saturated heterocycles. The van der Waals surface area contributed by atoms with Gasteiger partial charge in [0.25, 0.3) is 0 Å². The Hall–Kier alpha value is -0.800. The van der Waals surface area contributed by atoms with Crippen molar-refractivity contribution in [1.82, 2.24) is 5.43 Å². The van der Waals surface area contributed by atoms with Crippen molar-refractivity contribution in [2.45, 2.75) is 70.0 Å². The predicted molar refractivity (Wildman–Crippen MR) is 64.8 cm³/mol. The molecule has 0 unspecified atom stereocenters. The van der Waals surface area contributed by atoms with Crippen molar-refractivity contribution < 1.29 is 28.9 Å². The molecule has 0 aliphatic carbocycles. The lowest BCUT2D eigenvalue weighted by atomic mass is 9.99. The minimum atomic E-state index is -0.715. The molecule has 2 N–H and O–H groups in total. The van der Waals surface area contributed by atoms with Crippen molar-refractivity contribution in [3.05, 3.63) is 5.53 Å². The molecule has 0 spiro atoms. The number of nitrogens with zero attached hydrogens (tertiary/aromatic N) is 1. The number of rotatable bonds is 3. The van der Waals surface area contributed by atoms with Crippen LogP contribution in [0.3, 0.4) is 0 Å². The minimum Gasteiger partial charge on any atom is -0.344 e. The molecule has 5 atom stereocenters. The Labute approximate surface area is 117 Å². The van der Waals surface area contributed by atoms with Gasteiger partial charge in [0.1, 0.15) is 18.3 Å². The van der Waals surface area contributed by atoms with Crippen molar-refractivity contribution in [3.63, 3.8) is 0 Å².